The van der Waals surface area contributed by atoms with E-state index < -0.39 is 0 Å². The molecule has 0 radical (unpaired) electrons. The largest absolute Gasteiger partial charge is 0.508 e. The van der Waals surface area contributed by atoms with Crippen molar-refractivity contribution in [2.75, 3.05) is 27.8 Å². The highest BCUT2D eigenvalue weighted by Crippen LogP contribution is 2.38. The first-order valence-corrected chi connectivity index (χ1v) is 52.3. The summed E-state index contributed by atoms with van der Waals surface area (Å²) in [6, 6.07) is 45.1. The fourth-order valence-corrected chi connectivity index (χ4v) is 18.6. The van der Waals surface area contributed by atoms with Gasteiger partial charge in [-0.25, -0.2) is 28.1 Å². The molecular formula is C111H151N19O18. The lowest BCUT2D eigenvalue weighted by molar-refractivity contribution is -0.155. The normalized spacial score (nSPS) is 16.9. The van der Waals surface area contributed by atoms with Crippen molar-refractivity contribution in [1.82, 2.24) is 95.3 Å². The van der Waals surface area contributed by atoms with Crippen molar-refractivity contribution in [3.8, 4) is 102 Å². The second-order valence-corrected chi connectivity index (χ2v) is 39.6. The molecule has 6 aliphatic carbocycles. The quantitative estimate of drug-likeness (QED) is 0.0239. The highest BCUT2D eigenvalue weighted by Gasteiger charge is 2.34. The van der Waals surface area contributed by atoms with E-state index in [9.17, 15) is 24.6 Å². The average Bonchev–Trinajstić information content (AvgIpc) is 1.77. The fourth-order valence-electron chi connectivity index (χ4n) is 18.6. The molecule has 148 heavy (non-hydrogen) atoms. The molecule has 0 bridgehead atoms. The summed E-state index contributed by atoms with van der Waals surface area (Å²) in [5.41, 5.74) is 16.4. The summed E-state index contributed by atoms with van der Waals surface area (Å²) in [6.07, 6.45) is 26.9. The number of phenols is 2. The van der Waals surface area contributed by atoms with Crippen molar-refractivity contribution in [3.05, 3.63) is 180 Å². The Kier molecular flexibility index (Phi) is 43.3. The molecule has 0 aliphatic heterocycles. The summed E-state index contributed by atoms with van der Waals surface area (Å²) in [6.45, 7) is 19.0. The van der Waals surface area contributed by atoms with Crippen LogP contribution in [-0.2, 0) is 139 Å². The molecule has 6 aromatic heterocycles. The van der Waals surface area contributed by atoms with Gasteiger partial charge in [0, 0.05) is 95.8 Å². The van der Waals surface area contributed by atoms with Gasteiger partial charge in [0.1, 0.15) is 68.7 Å². The molecule has 4 atom stereocenters. The minimum Gasteiger partial charge on any atom is -0.508 e. The molecular weight excluding hydrogens is 1890 g/mol. The Bertz CT molecular complexity index is 6000. The lowest BCUT2D eigenvalue weighted by Crippen LogP contribution is -2.31. The Morgan fingerprint density at radius 3 is 0.845 bits per heavy atom. The van der Waals surface area contributed by atoms with E-state index in [-0.39, 0.29) is 97.3 Å². The van der Waals surface area contributed by atoms with Crippen LogP contribution in [0.5, 0.6) is 34.5 Å². The van der Waals surface area contributed by atoms with Crippen molar-refractivity contribution < 1.29 is 86.2 Å². The molecule has 0 saturated heterocycles. The topological polar surface area (TPSA) is 408 Å². The van der Waals surface area contributed by atoms with Crippen LogP contribution in [0.3, 0.4) is 0 Å². The third kappa shape index (κ3) is 33.5. The fraction of sp³-hybridized carbons (Fsp3) is 0.541. The number of methoxy groups -OCH3 is 2. The lowest BCUT2D eigenvalue weighted by Gasteiger charge is -2.29. The molecule has 0 unspecified atom stereocenters. The van der Waals surface area contributed by atoms with Gasteiger partial charge in [-0.05, 0) is 304 Å². The van der Waals surface area contributed by atoms with Gasteiger partial charge in [0.2, 0.25) is 5.91 Å². The van der Waals surface area contributed by atoms with Crippen LogP contribution >= 0.6 is 0 Å². The summed E-state index contributed by atoms with van der Waals surface area (Å²) in [5, 5.41) is 72.0. The van der Waals surface area contributed by atoms with Gasteiger partial charge in [0.25, 0.3) is 0 Å². The van der Waals surface area contributed by atoms with Gasteiger partial charge in [-0.1, -0.05) is 82.6 Å². The van der Waals surface area contributed by atoms with Crippen molar-refractivity contribution in [1.29, 1.82) is 0 Å². The van der Waals surface area contributed by atoms with Gasteiger partial charge in [-0.3, -0.25) is 14.4 Å². The number of nitrogens with one attached hydrogen (secondary N) is 1. The summed E-state index contributed by atoms with van der Waals surface area (Å²) < 4.78 is 83.6. The van der Waals surface area contributed by atoms with Crippen molar-refractivity contribution in [2.24, 2.45) is 60.0 Å². The van der Waals surface area contributed by atoms with Crippen LogP contribution in [0.4, 0.5) is 0 Å². The number of carbonyl (C=O) groups is 3. The zero-order valence-electron chi connectivity index (χ0n) is 88.9. The number of phenolic OH excluding ortho intramolecular Hbond substituents is 2. The summed E-state index contributed by atoms with van der Waals surface area (Å²) in [5.74, 6) is 3.46. The van der Waals surface area contributed by atoms with Gasteiger partial charge in [-0.15, -0.1) is 30.6 Å². The number of benzene rings is 6. The zero-order valence-corrected chi connectivity index (χ0v) is 88.9. The molecule has 6 aliphatic rings. The highest BCUT2D eigenvalue weighted by atomic mass is 16.7. The highest BCUT2D eigenvalue weighted by molar-refractivity contribution is 5.79. The molecule has 37 heteroatoms. The minimum atomic E-state index is -0.117. The second kappa shape index (κ2) is 57.0. The summed E-state index contributed by atoms with van der Waals surface area (Å²) in [4.78, 5) is 37.0. The number of hydrogen-bond acceptors (Lipinski definition) is 30. The Labute approximate surface area is 868 Å². The molecule has 3 N–H and O–H groups in total. The number of ether oxygens (including phenoxy) is 13. The predicted octanol–water partition coefficient (Wildman–Crippen LogP) is 19.1. The average molecular weight is 2040 g/mol. The number of aromatic hydroxyl groups is 2. The smallest absolute Gasteiger partial charge is 0.309 e. The minimum absolute atomic E-state index is 0.00203. The van der Waals surface area contributed by atoms with Gasteiger partial charge in [-0.2, -0.15) is 0 Å². The van der Waals surface area contributed by atoms with Crippen LogP contribution in [0, 0.1) is 17.8 Å². The first-order valence-electron chi connectivity index (χ1n) is 52.3. The van der Waals surface area contributed by atoms with Gasteiger partial charge in [0.05, 0.1) is 141 Å². The van der Waals surface area contributed by atoms with E-state index in [1.54, 1.807) is 66.6 Å². The van der Waals surface area contributed by atoms with Crippen molar-refractivity contribution in [2.45, 2.75) is 304 Å². The third-order valence-corrected chi connectivity index (χ3v) is 26.9. The molecule has 6 fully saturated rings. The third-order valence-electron chi connectivity index (χ3n) is 26.9. The van der Waals surface area contributed by atoms with E-state index in [0.29, 0.717) is 70.7 Å². The van der Waals surface area contributed by atoms with Crippen LogP contribution in [0.1, 0.15) is 244 Å². The van der Waals surface area contributed by atoms with Crippen LogP contribution < -0.4 is 24.3 Å². The Morgan fingerprint density at radius 1 is 0.311 bits per heavy atom. The number of nitrogens with zero attached hydrogens (tertiary/aromatic N) is 18. The van der Waals surface area contributed by atoms with Crippen LogP contribution in [-0.4, -0.2) is 201 Å². The Hall–Kier alpha value is -12.9. The van der Waals surface area contributed by atoms with Crippen molar-refractivity contribution in [3.63, 3.8) is 0 Å². The molecule has 798 valence electrons. The molecule has 6 aromatic carbocycles. The second-order valence-electron chi connectivity index (χ2n) is 39.6. The number of aryl methyl sites for hydroxylation is 6. The van der Waals surface area contributed by atoms with Crippen LogP contribution in [0.15, 0.2) is 146 Å². The van der Waals surface area contributed by atoms with Crippen LogP contribution in [0.2, 0.25) is 0 Å². The van der Waals surface area contributed by atoms with Gasteiger partial charge >= 0.3 is 11.9 Å². The van der Waals surface area contributed by atoms with E-state index >= 15 is 0 Å². The maximum absolute atomic E-state index is 12.4. The summed E-state index contributed by atoms with van der Waals surface area (Å²) in [7, 11) is 14.4. The number of esters is 2. The lowest BCUT2D eigenvalue weighted by atomic mass is 9.87. The van der Waals surface area contributed by atoms with E-state index in [4.69, 9.17) is 61.6 Å². The van der Waals surface area contributed by atoms with Crippen LogP contribution in [0.25, 0.3) is 67.5 Å². The predicted molar refractivity (Wildman–Crippen MR) is 557 cm³/mol. The van der Waals surface area contributed by atoms with E-state index in [1.807, 2.05) is 219 Å². The molecule has 6 heterocycles. The molecule has 0 spiro atoms. The standard InChI is InChI=1S/C26H36N4O4.C25H35N3O4.C17H23N3O3.C15H21N3O3.C15H19N3O2.C13H17N3O2/c1-17(2)33-26(32)20-9-6-10-22(15-20)34-21-13-11-18(12-14-21)24-23(30(3)29-28-24)16-27-25(31)19-7-4-5-8-19;1-17(2)31-25(29)19-7-6-10-22(15-19)32-21-13-11-18(12-14-21)24-23(28(3)27-26-24)16-30-20-8-4-5-9-20;1-20-16(11-22-14-5-3-4-6-14)17(18-19-20)13-7-9-15(10-8-13)23-12-21-2;1-11(2)20-9-14-15(16-17-18(14)3)12-5-7-13(8-6-12)21-10-19-4;1-18-14(10-20-13-4-2-3-5-13)15(16-17-18)11-6-8-12(19)9-7-11;1-9(2)18-8-12-13(14-15-16(12)3)10-4-6-11(17)7-5-10/h11-14,17,19-20,22H,4-10,15-16H2,1-3H3,(H,27,31);11-14,17,19-20,22H,4-10,15-16H2,1-3H3;7-10,14H,3-6,11-12H2,1-2H3;5-8,11H,9-10H2,1-4H3;6-9,13,19H,2-5,10H2,1H3;4-7,9,17H,8H2,1-3H3/t20-,22-;19-,22-;;;;/m00..../s1. The molecule has 37 nitrogen and oxygen atoms in total. The maximum atomic E-state index is 12.4. The van der Waals surface area contributed by atoms with Gasteiger partial charge in [0.15, 0.2) is 13.6 Å². The number of rotatable bonds is 38. The van der Waals surface area contributed by atoms with Crippen molar-refractivity contribution >= 4 is 17.8 Å². The molecule has 6 saturated carbocycles. The SMILES string of the molecule is CC(C)OC(=O)[C@H]1CCC[C@H](Oc2ccc(-c3nnn(C)c3CNC(=O)C3CCCC3)cc2)C1.CC(C)OC(=O)[C@H]1CCC[C@H](Oc2ccc(-c3nnn(C)c3COC3CCCC3)cc2)C1.CC(C)OCc1c(-c2ccc(O)cc2)nnn1C.COCOc1ccc(-c2nnn(C)c2COC(C)C)cc1.COCOc1ccc(-c2nnn(C)c2COC2CCCC2)cc1.Cn1nnc(-c2ccc(O)cc2)c1COC1CCCC1. The monoisotopic (exact) mass is 2040 g/mol. The van der Waals surface area contributed by atoms with Gasteiger partial charge < -0.3 is 77.1 Å². The maximum Gasteiger partial charge on any atom is 0.309 e. The van der Waals surface area contributed by atoms with E-state index in [0.717, 1.165) is 227 Å². The van der Waals surface area contributed by atoms with E-state index in [2.05, 4.69) is 67.2 Å². The summed E-state index contributed by atoms with van der Waals surface area (Å²) >= 11 is 0. The first-order chi connectivity index (χ1) is 71.6. The first kappa shape index (κ1) is 112. The molecule has 18 rings (SSSR count). The zero-order chi connectivity index (χ0) is 105. The molecule has 12 aromatic rings. The Balaban J connectivity index is 0.000000151. The number of aromatic nitrogens is 18. The number of hydrogen-bond donors (Lipinski definition) is 3. The number of amides is 1. The molecule has 1 amide bonds. The number of carbonyl (C=O) groups excluding carboxylic acids is 3. The Morgan fingerprint density at radius 2 is 0.561 bits per heavy atom. The van der Waals surface area contributed by atoms with E-state index in [1.165, 1.54) is 38.5 Å².